The molecule has 1 amide bonds. The molecule has 0 bridgehead atoms. The minimum atomic E-state index is -2.56. The molecule has 0 atom stereocenters. The number of rotatable bonds is 3. The van der Waals surface area contributed by atoms with Gasteiger partial charge in [-0.05, 0) is 36.1 Å². The van der Waals surface area contributed by atoms with Gasteiger partial charge < -0.3 is 0 Å². The van der Waals surface area contributed by atoms with Gasteiger partial charge >= 0.3 is 0 Å². The Labute approximate surface area is 107 Å². The van der Waals surface area contributed by atoms with E-state index in [4.69, 9.17) is 0 Å². The number of carbonyl (C=O) groups is 1. The fraction of sp³-hybridized carbons (Fsp3) is 0.818. The van der Waals surface area contributed by atoms with Gasteiger partial charge in [-0.2, -0.15) is 0 Å². The van der Waals surface area contributed by atoms with E-state index in [-0.39, 0.29) is 37.1 Å². The number of nitrogens with zero attached hydrogens (tertiary/aromatic N) is 4. The molecule has 0 aliphatic heterocycles. The first-order valence-electron chi connectivity index (χ1n) is 6.47. The monoisotopic (exact) mass is 269 g/mol. The molecular formula is C11H13F2N5O. The number of carbonyl (C=O) groups excluding carboxylic acids is 1. The Hall–Kier alpha value is -1.60. The Morgan fingerprint density at radius 2 is 2.05 bits per heavy atom. The van der Waals surface area contributed by atoms with Gasteiger partial charge in [0, 0.05) is 17.8 Å². The minimum absolute atomic E-state index is 0.0659. The van der Waals surface area contributed by atoms with Crippen molar-refractivity contribution in [3.63, 3.8) is 0 Å². The average Bonchev–Trinajstić information content (AvgIpc) is 3.17. The van der Waals surface area contributed by atoms with Crippen LogP contribution in [0, 0.1) is 11.3 Å². The summed E-state index contributed by atoms with van der Waals surface area (Å²) in [6.07, 6.45) is 2.50. The van der Waals surface area contributed by atoms with Crippen LogP contribution < -0.4 is 5.32 Å². The largest absolute Gasteiger partial charge is 0.293 e. The van der Waals surface area contributed by atoms with E-state index in [0.29, 0.717) is 5.95 Å². The van der Waals surface area contributed by atoms with Crippen molar-refractivity contribution in [1.29, 1.82) is 0 Å². The lowest BCUT2D eigenvalue weighted by atomic mass is 9.71. The number of hydrogen-bond acceptors (Lipinski definition) is 4. The van der Waals surface area contributed by atoms with E-state index < -0.39 is 11.3 Å². The zero-order valence-corrected chi connectivity index (χ0v) is 10.1. The van der Waals surface area contributed by atoms with Crippen LogP contribution >= 0.6 is 0 Å². The third-order valence-electron chi connectivity index (χ3n) is 4.48. The molecule has 4 rings (SSSR count). The van der Waals surface area contributed by atoms with Gasteiger partial charge in [0.2, 0.25) is 11.9 Å². The topological polar surface area (TPSA) is 72.7 Å². The third-order valence-corrected chi connectivity index (χ3v) is 4.48. The van der Waals surface area contributed by atoms with Crippen molar-refractivity contribution in [1.82, 2.24) is 20.2 Å². The molecule has 1 heterocycles. The van der Waals surface area contributed by atoms with Gasteiger partial charge in [0.1, 0.15) is 0 Å². The molecule has 6 nitrogen and oxygen atoms in total. The highest BCUT2D eigenvalue weighted by Crippen LogP contribution is 2.72. The smallest absolute Gasteiger partial charge is 0.254 e. The van der Waals surface area contributed by atoms with E-state index in [1.54, 1.807) is 4.68 Å². The number of nitrogens with one attached hydrogen (secondary N) is 1. The lowest BCUT2D eigenvalue weighted by Gasteiger charge is -2.34. The summed E-state index contributed by atoms with van der Waals surface area (Å²) in [6, 6.07) is 0.269. The van der Waals surface area contributed by atoms with Crippen molar-refractivity contribution in [2.24, 2.45) is 11.3 Å². The second-order valence-electron chi connectivity index (χ2n) is 5.93. The van der Waals surface area contributed by atoms with E-state index in [1.807, 2.05) is 0 Å². The zero-order valence-electron chi connectivity index (χ0n) is 10.1. The van der Waals surface area contributed by atoms with Crippen molar-refractivity contribution in [3.8, 4) is 0 Å². The Bertz CT molecular complexity index is 547. The molecule has 1 spiro atoms. The van der Waals surface area contributed by atoms with E-state index in [2.05, 4.69) is 20.8 Å². The summed E-state index contributed by atoms with van der Waals surface area (Å²) in [5.41, 5.74) is -0.878. The van der Waals surface area contributed by atoms with Crippen LogP contribution in [0.4, 0.5) is 14.7 Å². The van der Waals surface area contributed by atoms with Crippen LogP contribution in [-0.4, -0.2) is 32.0 Å². The van der Waals surface area contributed by atoms with Gasteiger partial charge in [-0.15, -0.1) is 0 Å². The average molecular weight is 269 g/mol. The second kappa shape index (κ2) is 3.29. The summed E-state index contributed by atoms with van der Waals surface area (Å²) in [7, 11) is 0. The Balaban J connectivity index is 1.39. The number of hydrogen-bond donors (Lipinski definition) is 1. The molecule has 3 aliphatic rings. The van der Waals surface area contributed by atoms with E-state index >= 15 is 0 Å². The molecule has 3 fully saturated rings. The summed E-state index contributed by atoms with van der Waals surface area (Å²) >= 11 is 0. The van der Waals surface area contributed by atoms with Crippen LogP contribution in [0.2, 0.25) is 0 Å². The summed E-state index contributed by atoms with van der Waals surface area (Å²) < 4.78 is 27.7. The number of aromatic nitrogens is 4. The first-order chi connectivity index (χ1) is 9.01. The van der Waals surface area contributed by atoms with Gasteiger partial charge in [-0.1, -0.05) is 5.10 Å². The number of halogens is 2. The highest BCUT2D eigenvalue weighted by molar-refractivity contribution is 5.92. The quantitative estimate of drug-likeness (QED) is 0.899. The predicted molar refractivity (Wildman–Crippen MR) is 59.4 cm³/mol. The summed E-state index contributed by atoms with van der Waals surface area (Å²) in [5, 5.41) is 13.8. The van der Waals surface area contributed by atoms with Gasteiger partial charge in [0.15, 0.2) is 0 Å². The second-order valence-corrected chi connectivity index (χ2v) is 5.93. The maximum Gasteiger partial charge on any atom is 0.254 e. The summed E-state index contributed by atoms with van der Waals surface area (Å²) in [6.45, 7) is 0. The van der Waals surface area contributed by atoms with Crippen molar-refractivity contribution in [2.75, 3.05) is 5.32 Å². The summed E-state index contributed by atoms with van der Waals surface area (Å²) in [4.78, 5) is 11.9. The first kappa shape index (κ1) is 11.2. The SMILES string of the molecule is O=C(Nc1nnnn1C1CC1)C1CC2(C1)CC2(F)F. The molecule has 0 radical (unpaired) electrons. The molecule has 3 aliphatic carbocycles. The molecule has 0 saturated heterocycles. The van der Waals surface area contributed by atoms with Crippen LogP contribution in [0.3, 0.4) is 0 Å². The van der Waals surface area contributed by atoms with Gasteiger partial charge in [-0.3, -0.25) is 10.1 Å². The van der Waals surface area contributed by atoms with E-state index in [0.717, 1.165) is 12.8 Å². The molecule has 0 unspecified atom stereocenters. The Morgan fingerprint density at radius 3 is 2.63 bits per heavy atom. The summed E-state index contributed by atoms with van der Waals surface area (Å²) in [5.74, 6) is -2.81. The number of amides is 1. The van der Waals surface area contributed by atoms with Crippen LogP contribution in [0.15, 0.2) is 0 Å². The molecule has 3 saturated carbocycles. The number of anilines is 1. The highest BCUT2D eigenvalue weighted by atomic mass is 19.3. The van der Waals surface area contributed by atoms with Crippen LogP contribution in [0.25, 0.3) is 0 Å². The molecule has 8 heteroatoms. The van der Waals surface area contributed by atoms with Crippen LogP contribution in [0.5, 0.6) is 0 Å². The number of alkyl halides is 2. The maximum absolute atomic E-state index is 13.1. The van der Waals surface area contributed by atoms with Crippen molar-refractivity contribution >= 4 is 11.9 Å². The Morgan fingerprint density at radius 1 is 1.37 bits per heavy atom. The molecule has 1 aromatic heterocycles. The molecule has 0 aromatic carbocycles. The molecule has 19 heavy (non-hydrogen) atoms. The molecule has 102 valence electrons. The van der Waals surface area contributed by atoms with Crippen molar-refractivity contribution in [2.45, 2.75) is 44.1 Å². The van der Waals surface area contributed by atoms with Crippen LogP contribution in [0.1, 0.15) is 38.1 Å². The zero-order chi connectivity index (χ0) is 13.3. The van der Waals surface area contributed by atoms with Crippen molar-refractivity contribution in [3.05, 3.63) is 0 Å². The lowest BCUT2D eigenvalue weighted by Crippen LogP contribution is -2.39. The lowest BCUT2D eigenvalue weighted by molar-refractivity contribution is -0.126. The van der Waals surface area contributed by atoms with Gasteiger partial charge in [0.05, 0.1) is 6.04 Å². The fourth-order valence-corrected chi connectivity index (χ4v) is 2.95. The van der Waals surface area contributed by atoms with E-state index in [1.165, 1.54) is 0 Å². The molecule has 1 N–H and O–H groups in total. The molecule has 1 aromatic rings. The van der Waals surface area contributed by atoms with E-state index in [9.17, 15) is 13.6 Å². The maximum atomic E-state index is 13.1. The highest BCUT2D eigenvalue weighted by Gasteiger charge is 2.76. The Kier molecular flexibility index (Phi) is 1.95. The molecular weight excluding hydrogens is 256 g/mol. The first-order valence-corrected chi connectivity index (χ1v) is 6.47. The van der Waals surface area contributed by atoms with Gasteiger partial charge in [0.25, 0.3) is 5.92 Å². The standard InChI is InChI=1S/C11H13F2N5O/c12-11(13)5-10(11)3-6(4-10)8(19)14-9-15-16-17-18(9)7-1-2-7/h6-7H,1-5H2,(H,14,15,17,19). The minimum Gasteiger partial charge on any atom is -0.293 e. The van der Waals surface area contributed by atoms with Gasteiger partial charge in [-0.25, -0.2) is 13.5 Å². The number of tetrazole rings is 1. The van der Waals surface area contributed by atoms with Crippen molar-refractivity contribution < 1.29 is 13.6 Å². The third kappa shape index (κ3) is 1.58. The van der Waals surface area contributed by atoms with Crippen LogP contribution in [-0.2, 0) is 4.79 Å². The normalized spacial score (nSPS) is 34.9. The fourth-order valence-electron chi connectivity index (χ4n) is 2.95. The predicted octanol–water partition coefficient (Wildman–Crippen LogP) is 1.38.